The van der Waals surface area contributed by atoms with Crippen LogP contribution < -0.4 is 5.32 Å². The van der Waals surface area contributed by atoms with Gasteiger partial charge in [-0.1, -0.05) is 6.92 Å². The minimum absolute atomic E-state index is 0.0656. The summed E-state index contributed by atoms with van der Waals surface area (Å²) in [5.74, 6) is 0. The Labute approximate surface area is 105 Å². The molecule has 1 fully saturated rings. The summed E-state index contributed by atoms with van der Waals surface area (Å²) in [4.78, 5) is 2.35. The number of β-amino-alcohol motifs (C(OH)–C–C–N with tert-alkyl or cyclic N) is 1. The smallest absolute Gasteiger partial charge is 0.0791 e. The second-order valence-corrected chi connectivity index (χ2v) is 5.92. The monoisotopic (exact) mass is 244 g/mol. The third-order valence-electron chi connectivity index (χ3n) is 3.13. The average Bonchev–Trinajstić information content (AvgIpc) is 2.26. The number of nitrogens with one attached hydrogen (secondary N) is 1. The molecule has 0 radical (unpaired) electrons. The fourth-order valence-corrected chi connectivity index (χ4v) is 2.06. The van der Waals surface area contributed by atoms with Gasteiger partial charge in [0.2, 0.25) is 0 Å². The van der Waals surface area contributed by atoms with Crippen LogP contribution in [0.2, 0.25) is 0 Å². The van der Waals surface area contributed by atoms with Crippen LogP contribution in [0.4, 0.5) is 0 Å². The van der Waals surface area contributed by atoms with Gasteiger partial charge in [-0.15, -0.1) is 0 Å². The topological polar surface area (TPSA) is 44.7 Å². The summed E-state index contributed by atoms with van der Waals surface area (Å²) in [6.45, 7) is 12.4. The molecule has 0 spiro atoms. The summed E-state index contributed by atoms with van der Waals surface area (Å²) in [7, 11) is 0. The largest absolute Gasteiger partial charge is 0.390 e. The van der Waals surface area contributed by atoms with E-state index in [1.54, 1.807) is 0 Å². The summed E-state index contributed by atoms with van der Waals surface area (Å²) in [6, 6.07) is 0.466. The van der Waals surface area contributed by atoms with E-state index >= 15 is 0 Å². The van der Waals surface area contributed by atoms with Crippen molar-refractivity contribution in [3.8, 4) is 0 Å². The number of ether oxygens (including phenoxy) is 1. The van der Waals surface area contributed by atoms with Gasteiger partial charge in [0.25, 0.3) is 0 Å². The first kappa shape index (κ1) is 14.9. The van der Waals surface area contributed by atoms with Crippen molar-refractivity contribution in [3.63, 3.8) is 0 Å². The van der Waals surface area contributed by atoms with Gasteiger partial charge in [-0.25, -0.2) is 0 Å². The van der Waals surface area contributed by atoms with Crippen molar-refractivity contribution in [2.45, 2.75) is 51.8 Å². The Morgan fingerprint density at radius 3 is 2.76 bits per heavy atom. The number of hydrogen-bond acceptors (Lipinski definition) is 4. The van der Waals surface area contributed by atoms with Crippen LogP contribution in [-0.2, 0) is 4.74 Å². The standard InChI is InChI=1S/C13H28N2O2/c1-5-11-10-17-7-6-15(11)9-12(16)8-14-13(2,3)4/h11-12,14,16H,5-10H2,1-4H3. The van der Waals surface area contributed by atoms with E-state index in [-0.39, 0.29) is 11.6 Å². The highest BCUT2D eigenvalue weighted by Crippen LogP contribution is 2.10. The number of hydrogen-bond donors (Lipinski definition) is 2. The predicted octanol–water partition coefficient (Wildman–Crippen LogP) is 0.846. The maximum Gasteiger partial charge on any atom is 0.0791 e. The minimum atomic E-state index is -0.304. The van der Waals surface area contributed by atoms with Crippen molar-refractivity contribution in [1.29, 1.82) is 0 Å². The van der Waals surface area contributed by atoms with E-state index < -0.39 is 0 Å². The summed E-state index contributed by atoms with van der Waals surface area (Å²) in [6.07, 6.45) is 0.778. The minimum Gasteiger partial charge on any atom is -0.390 e. The normalized spacial score (nSPS) is 24.9. The molecule has 0 aromatic rings. The van der Waals surface area contributed by atoms with Gasteiger partial charge in [0.15, 0.2) is 0 Å². The van der Waals surface area contributed by atoms with Gasteiger partial charge in [-0.2, -0.15) is 0 Å². The molecule has 2 atom stereocenters. The van der Waals surface area contributed by atoms with E-state index in [2.05, 4.69) is 37.9 Å². The first-order chi connectivity index (χ1) is 7.92. The number of nitrogens with zero attached hydrogens (tertiary/aromatic N) is 1. The molecule has 2 N–H and O–H groups in total. The van der Waals surface area contributed by atoms with Crippen molar-refractivity contribution < 1.29 is 9.84 Å². The Kier molecular flexibility index (Phi) is 5.86. The second-order valence-electron chi connectivity index (χ2n) is 5.92. The molecule has 0 aromatic heterocycles. The lowest BCUT2D eigenvalue weighted by atomic mass is 10.1. The summed E-state index contributed by atoms with van der Waals surface area (Å²) in [5.41, 5.74) is 0.0656. The van der Waals surface area contributed by atoms with E-state index in [0.29, 0.717) is 12.6 Å². The third kappa shape index (κ3) is 5.82. The second kappa shape index (κ2) is 6.69. The molecule has 1 aliphatic rings. The van der Waals surface area contributed by atoms with Gasteiger partial charge in [-0.05, 0) is 27.2 Å². The molecule has 0 aromatic carbocycles. The Balaban J connectivity index is 2.31. The zero-order valence-corrected chi connectivity index (χ0v) is 11.7. The molecule has 4 heteroatoms. The lowest BCUT2D eigenvalue weighted by Crippen LogP contribution is -2.51. The fraction of sp³-hybridized carbons (Fsp3) is 1.00. The van der Waals surface area contributed by atoms with Crippen molar-refractivity contribution in [2.24, 2.45) is 0 Å². The molecule has 1 rings (SSSR count). The van der Waals surface area contributed by atoms with Crippen LogP contribution >= 0.6 is 0 Å². The summed E-state index contributed by atoms with van der Waals surface area (Å²) < 4.78 is 5.46. The lowest BCUT2D eigenvalue weighted by Gasteiger charge is -2.36. The number of aliphatic hydroxyl groups excluding tert-OH is 1. The van der Waals surface area contributed by atoms with Crippen LogP contribution in [0.1, 0.15) is 34.1 Å². The van der Waals surface area contributed by atoms with E-state index in [1.807, 2.05) is 0 Å². The summed E-state index contributed by atoms with van der Waals surface area (Å²) in [5, 5.41) is 13.4. The molecule has 0 amide bonds. The Hall–Kier alpha value is -0.160. The van der Waals surface area contributed by atoms with Crippen LogP contribution in [0, 0.1) is 0 Å². The van der Waals surface area contributed by atoms with Crippen LogP contribution in [0.15, 0.2) is 0 Å². The fourth-order valence-electron chi connectivity index (χ4n) is 2.06. The first-order valence-corrected chi connectivity index (χ1v) is 6.67. The highest BCUT2D eigenvalue weighted by atomic mass is 16.5. The van der Waals surface area contributed by atoms with E-state index in [9.17, 15) is 5.11 Å². The molecule has 102 valence electrons. The van der Waals surface area contributed by atoms with Crippen LogP contribution in [0.3, 0.4) is 0 Å². The zero-order valence-electron chi connectivity index (χ0n) is 11.7. The molecule has 0 bridgehead atoms. The van der Waals surface area contributed by atoms with E-state index in [1.165, 1.54) is 0 Å². The van der Waals surface area contributed by atoms with Crippen LogP contribution in [-0.4, -0.2) is 60.5 Å². The van der Waals surface area contributed by atoms with Crippen molar-refractivity contribution in [1.82, 2.24) is 10.2 Å². The third-order valence-corrected chi connectivity index (χ3v) is 3.13. The molecule has 1 aliphatic heterocycles. The van der Waals surface area contributed by atoms with E-state index in [4.69, 9.17) is 4.74 Å². The lowest BCUT2D eigenvalue weighted by molar-refractivity contribution is -0.0275. The van der Waals surface area contributed by atoms with E-state index in [0.717, 1.165) is 32.7 Å². The van der Waals surface area contributed by atoms with Gasteiger partial charge in [0.1, 0.15) is 0 Å². The quantitative estimate of drug-likeness (QED) is 0.752. The zero-order chi connectivity index (χ0) is 12.9. The summed E-state index contributed by atoms with van der Waals surface area (Å²) >= 11 is 0. The molecule has 1 heterocycles. The first-order valence-electron chi connectivity index (χ1n) is 6.67. The van der Waals surface area contributed by atoms with Gasteiger partial charge >= 0.3 is 0 Å². The molecular formula is C13H28N2O2. The van der Waals surface area contributed by atoms with Crippen molar-refractivity contribution in [3.05, 3.63) is 0 Å². The molecule has 2 unspecified atom stereocenters. The van der Waals surface area contributed by atoms with Crippen LogP contribution in [0.5, 0.6) is 0 Å². The molecule has 0 aliphatic carbocycles. The van der Waals surface area contributed by atoms with Crippen molar-refractivity contribution >= 4 is 0 Å². The van der Waals surface area contributed by atoms with Gasteiger partial charge in [0, 0.05) is 31.2 Å². The highest BCUT2D eigenvalue weighted by Gasteiger charge is 2.23. The SMILES string of the molecule is CCC1COCCN1CC(O)CNC(C)(C)C. The Bertz CT molecular complexity index is 216. The maximum atomic E-state index is 10.0. The molecule has 0 saturated carbocycles. The molecule has 17 heavy (non-hydrogen) atoms. The number of aliphatic hydroxyl groups is 1. The number of rotatable bonds is 5. The van der Waals surface area contributed by atoms with Crippen molar-refractivity contribution in [2.75, 3.05) is 32.8 Å². The highest BCUT2D eigenvalue weighted by molar-refractivity contribution is 4.79. The van der Waals surface area contributed by atoms with Crippen LogP contribution in [0.25, 0.3) is 0 Å². The number of morpholine rings is 1. The Morgan fingerprint density at radius 2 is 2.18 bits per heavy atom. The molecular weight excluding hydrogens is 216 g/mol. The molecule has 4 nitrogen and oxygen atoms in total. The maximum absolute atomic E-state index is 10.0. The van der Waals surface area contributed by atoms with Gasteiger partial charge < -0.3 is 15.2 Å². The predicted molar refractivity (Wildman–Crippen MR) is 70.2 cm³/mol. The average molecular weight is 244 g/mol. The molecule has 1 saturated heterocycles. The van der Waals surface area contributed by atoms with Gasteiger partial charge in [0.05, 0.1) is 19.3 Å². The Morgan fingerprint density at radius 1 is 1.47 bits per heavy atom. The van der Waals surface area contributed by atoms with Gasteiger partial charge in [-0.3, -0.25) is 4.90 Å².